The van der Waals surface area contributed by atoms with E-state index in [0.29, 0.717) is 10.7 Å². The van der Waals surface area contributed by atoms with Crippen molar-refractivity contribution < 1.29 is 9.18 Å². The number of benzene rings is 2. The van der Waals surface area contributed by atoms with Crippen LogP contribution in [0.15, 0.2) is 36.4 Å². The second-order valence-corrected chi connectivity index (χ2v) is 4.95. The minimum Gasteiger partial charge on any atom is -0.321 e. The standard InChI is InChI=1S/C13H7Cl3FNO/c14-7-1-3-10(15)9(5-7)13(19)18-12-4-2-8(17)6-11(12)16/h1-6H,(H,18,19). The van der Waals surface area contributed by atoms with Crippen LogP contribution in [0.1, 0.15) is 10.4 Å². The van der Waals surface area contributed by atoms with Gasteiger partial charge < -0.3 is 5.32 Å². The van der Waals surface area contributed by atoms with Crippen LogP contribution in [0.3, 0.4) is 0 Å². The van der Waals surface area contributed by atoms with Crippen molar-refractivity contribution in [1.82, 2.24) is 0 Å². The molecule has 0 aliphatic heterocycles. The molecule has 0 unspecified atom stereocenters. The summed E-state index contributed by atoms with van der Waals surface area (Å²) in [5.41, 5.74) is 0.513. The van der Waals surface area contributed by atoms with Crippen LogP contribution in [0.2, 0.25) is 15.1 Å². The van der Waals surface area contributed by atoms with Gasteiger partial charge >= 0.3 is 0 Å². The first-order chi connectivity index (χ1) is 8.97. The van der Waals surface area contributed by atoms with Gasteiger partial charge in [-0.3, -0.25) is 4.79 Å². The van der Waals surface area contributed by atoms with Crippen LogP contribution in [0.4, 0.5) is 10.1 Å². The summed E-state index contributed by atoms with van der Waals surface area (Å²) >= 11 is 17.5. The first-order valence-corrected chi connectivity index (χ1v) is 6.32. The minimum absolute atomic E-state index is 0.103. The van der Waals surface area contributed by atoms with Gasteiger partial charge in [0.25, 0.3) is 5.91 Å². The van der Waals surface area contributed by atoms with Crippen LogP contribution < -0.4 is 5.32 Å². The number of carbonyl (C=O) groups is 1. The third-order valence-electron chi connectivity index (χ3n) is 2.35. The molecule has 1 N–H and O–H groups in total. The first kappa shape index (κ1) is 14.1. The summed E-state index contributed by atoms with van der Waals surface area (Å²) in [7, 11) is 0. The third-order valence-corrected chi connectivity index (χ3v) is 3.23. The molecule has 0 aromatic heterocycles. The summed E-state index contributed by atoms with van der Waals surface area (Å²) in [6.45, 7) is 0. The van der Waals surface area contributed by atoms with Crippen molar-refractivity contribution in [3.8, 4) is 0 Å². The largest absolute Gasteiger partial charge is 0.321 e. The predicted octanol–water partition coefficient (Wildman–Crippen LogP) is 5.04. The Hall–Kier alpha value is -1.29. The fourth-order valence-corrected chi connectivity index (χ4v) is 2.04. The lowest BCUT2D eigenvalue weighted by molar-refractivity contribution is 0.102. The zero-order valence-corrected chi connectivity index (χ0v) is 11.7. The van der Waals surface area contributed by atoms with Gasteiger partial charge in [0, 0.05) is 5.02 Å². The Kier molecular flexibility index (Phi) is 4.30. The van der Waals surface area contributed by atoms with Crippen molar-refractivity contribution in [3.05, 3.63) is 62.8 Å². The maximum absolute atomic E-state index is 12.9. The smallest absolute Gasteiger partial charge is 0.257 e. The molecule has 1 amide bonds. The van der Waals surface area contributed by atoms with Gasteiger partial charge in [0.2, 0.25) is 0 Å². The lowest BCUT2D eigenvalue weighted by Gasteiger charge is -2.08. The summed E-state index contributed by atoms with van der Waals surface area (Å²) in [6, 6.07) is 8.21. The molecular formula is C13H7Cl3FNO. The summed E-state index contributed by atoms with van der Waals surface area (Å²) < 4.78 is 12.9. The molecule has 6 heteroatoms. The summed E-state index contributed by atoms with van der Waals surface area (Å²) in [5, 5.41) is 3.30. The first-order valence-electron chi connectivity index (χ1n) is 5.19. The van der Waals surface area contributed by atoms with Crippen LogP contribution in [0.25, 0.3) is 0 Å². The molecule has 0 saturated heterocycles. The number of hydrogen-bond donors (Lipinski definition) is 1. The monoisotopic (exact) mass is 317 g/mol. The van der Waals surface area contributed by atoms with Gasteiger partial charge in [-0.15, -0.1) is 0 Å². The van der Waals surface area contributed by atoms with Crippen molar-refractivity contribution in [2.24, 2.45) is 0 Å². The second kappa shape index (κ2) is 5.78. The second-order valence-electron chi connectivity index (χ2n) is 3.70. The molecule has 0 fully saturated rings. The minimum atomic E-state index is -0.483. The summed E-state index contributed by atoms with van der Waals surface area (Å²) in [5.74, 6) is -0.954. The number of rotatable bonds is 2. The molecule has 0 atom stereocenters. The molecule has 0 aliphatic rings. The fourth-order valence-electron chi connectivity index (χ4n) is 1.45. The van der Waals surface area contributed by atoms with E-state index in [1.165, 1.54) is 24.3 Å². The maximum atomic E-state index is 12.9. The Balaban J connectivity index is 2.28. The number of carbonyl (C=O) groups excluding carboxylic acids is 1. The van der Waals surface area contributed by atoms with Gasteiger partial charge in [0.05, 0.1) is 21.3 Å². The molecule has 0 spiro atoms. The van der Waals surface area contributed by atoms with Crippen LogP contribution in [0, 0.1) is 5.82 Å². The zero-order valence-electron chi connectivity index (χ0n) is 9.38. The van der Waals surface area contributed by atoms with Crippen molar-refractivity contribution in [2.75, 3.05) is 5.32 Å². The quantitative estimate of drug-likeness (QED) is 0.826. The molecule has 2 aromatic rings. The molecule has 98 valence electrons. The van der Waals surface area contributed by atoms with Crippen molar-refractivity contribution >= 4 is 46.4 Å². The van der Waals surface area contributed by atoms with E-state index in [4.69, 9.17) is 34.8 Å². The maximum Gasteiger partial charge on any atom is 0.257 e. The van der Waals surface area contributed by atoms with Gasteiger partial charge in [-0.05, 0) is 36.4 Å². The Morgan fingerprint density at radius 1 is 1.00 bits per heavy atom. The average Bonchev–Trinajstić information content (AvgIpc) is 2.35. The Morgan fingerprint density at radius 3 is 2.42 bits per heavy atom. The molecule has 0 aliphatic carbocycles. The van der Waals surface area contributed by atoms with E-state index in [2.05, 4.69) is 5.32 Å². The molecule has 19 heavy (non-hydrogen) atoms. The highest BCUT2D eigenvalue weighted by molar-refractivity contribution is 6.37. The highest BCUT2D eigenvalue weighted by atomic mass is 35.5. The van der Waals surface area contributed by atoms with Crippen LogP contribution in [-0.2, 0) is 0 Å². The Bertz CT molecular complexity index is 646. The molecule has 0 bridgehead atoms. The van der Waals surface area contributed by atoms with Gasteiger partial charge in [0.15, 0.2) is 0 Å². The number of anilines is 1. The van der Waals surface area contributed by atoms with E-state index in [1.807, 2.05) is 0 Å². The lowest BCUT2D eigenvalue weighted by Crippen LogP contribution is -2.12. The van der Waals surface area contributed by atoms with Crippen LogP contribution in [-0.4, -0.2) is 5.91 Å². The Morgan fingerprint density at radius 2 is 1.74 bits per heavy atom. The molecule has 2 nitrogen and oxygen atoms in total. The summed E-state index contributed by atoms with van der Waals surface area (Å²) in [6.07, 6.45) is 0. The third kappa shape index (κ3) is 3.38. The van der Waals surface area contributed by atoms with E-state index in [1.54, 1.807) is 6.07 Å². The SMILES string of the molecule is O=C(Nc1ccc(F)cc1Cl)c1cc(Cl)ccc1Cl. The van der Waals surface area contributed by atoms with Gasteiger partial charge in [-0.25, -0.2) is 4.39 Å². The number of nitrogens with one attached hydrogen (secondary N) is 1. The number of halogens is 4. The molecular weight excluding hydrogens is 312 g/mol. The highest BCUT2D eigenvalue weighted by Gasteiger charge is 2.13. The number of amides is 1. The molecule has 0 saturated carbocycles. The van der Waals surface area contributed by atoms with E-state index < -0.39 is 11.7 Å². The zero-order chi connectivity index (χ0) is 14.0. The van der Waals surface area contributed by atoms with E-state index in [-0.39, 0.29) is 15.6 Å². The average molecular weight is 319 g/mol. The van der Waals surface area contributed by atoms with Gasteiger partial charge in [-0.2, -0.15) is 0 Å². The molecule has 2 rings (SSSR count). The van der Waals surface area contributed by atoms with E-state index >= 15 is 0 Å². The fraction of sp³-hybridized carbons (Fsp3) is 0. The topological polar surface area (TPSA) is 29.1 Å². The summed E-state index contributed by atoms with van der Waals surface area (Å²) in [4.78, 5) is 12.0. The number of hydrogen-bond acceptors (Lipinski definition) is 1. The van der Waals surface area contributed by atoms with Crippen LogP contribution in [0.5, 0.6) is 0 Å². The van der Waals surface area contributed by atoms with Crippen molar-refractivity contribution in [3.63, 3.8) is 0 Å². The Labute approximate surface area is 124 Å². The van der Waals surface area contributed by atoms with E-state index in [9.17, 15) is 9.18 Å². The lowest BCUT2D eigenvalue weighted by atomic mass is 10.2. The normalized spacial score (nSPS) is 10.3. The van der Waals surface area contributed by atoms with E-state index in [0.717, 1.165) is 6.07 Å². The highest BCUT2D eigenvalue weighted by Crippen LogP contribution is 2.25. The van der Waals surface area contributed by atoms with Crippen molar-refractivity contribution in [2.45, 2.75) is 0 Å². The van der Waals surface area contributed by atoms with Gasteiger partial charge in [-0.1, -0.05) is 34.8 Å². The van der Waals surface area contributed by atoms with Crippen LogP contribution >= 0.6 is 34.8 Å². The van der Waals surface area contributed by atoms with Gasteiger partial charge in [0.1, 0.15) is 5.82 Å². The molecule has 2 aromatic carbocycles. The molecule has 0 radical (unpaired) electrons. The van der Waals surface area contributed by atoms with Crippen molar-refractivity contribution in [1.29, 1.82) is 0 Å². The molecule has 0 heterocycles. The predicted molar refractivity (Wildman–Crippen MR) is 75.8 cm³/mol.